The number of carbonyl (C=O) groups excluding carboxylic acids is 2. The van der Waals surface area contributed by atoms with Gasteiger partial charge < -0.3 is 5.32 Å². The van der Waals surface area contributed by atoms with Gasteiger partial charge in [-0.15, -0.1) is 0 Å². The van der Waals surface area contributed by atoms with E-state index in [4.69, 9.17) is 0 Å². The number of carbonyl (C=O) groups is 2. The van der Waals surface area contributed by atoms with Gasteiger partial charge in [0.25, 0.3) is 0 Å². The number of Topliss-reactive ketones (excluding diaryl/α,β-unsaturated/α-hetero) is 1. The Bertz CT molecular complexity index is 516. The van der Waals surface area contributed by atoms with Crippen molar-refractivity contribution in [3.05, 3.63) is 0 Å². The van der Waals surface area contributed by atoms with Crippen LogP contribution < -0.4 is 5.32 Å². The van der Waals surface area contributed by atoms with Crippen LogP contribution in [0.1, 0.15) is 65.2 Å². The molecule has 22 heavy (non-hydrogen) atoms. The van der Waals surface area contributed by atoms with E-state index in [1.807, 2.05) is 0 Å². The smallest absolute Gasteiger partial charge is 0.220 e. The van der Waals surface area contributed by atoms with Crippen LogP contribution in [0.3, 0.4) is 0 Å². The molecule has 0 spiro atoms. The Labute approximate surface area is 133 Å². The fourth-order valence-corrected chi connectivity index (χ4v) is 6.74. The van der Waals surface area contributed by atoms with Crippen molar-refractivity contribution >= 4 is 11.7 Å². The highest BCUT2D eigenvalue weighted by atomic mass is 16.1. The molecule has 0 aromatic carbocycles. The number of ketones is 1. The van der Waals surface area contributed by atoms with Crippen molar-refractivity contribution < 1.29 is 9.59 Å². The van der Waals surface area contributed by atoms with Crippen molar-refractivity contribution in [2.45, 2.75) is 65.2 Å². The molecule has 3 heteroatoms. The van der Waals surface area contributed by atoms with Gasteiger partial charge in [0, 0.05) is 24.8 Å². The third-order valence-corrected chi connectivity index (χ3v) is 8.21. The van der Waals surface area contributed by atoms with Crippen molar-refractivity contribution in [2.24, 2.45) is 34.5 Å². The van der Waals surface area contributed by atoms with Gasteiger partial charge in [0.2, 0.25) is 5.91 Å². The van der Waals surface area contributed by atoms with Crippen LogP contribution in [0.2, 0.25) is 0 Å². The van der Waals surface area contributed by atoms with Crippen molar-refractivity contribution in [2.75, 3.05) is 6.54 Å². The van der Waals surface area contributed by atoms with Crippen LogP contribution in [0.25, 0.3) is 0 Å². The monoisotopic (exact) mass is 303 g/mol. The molecule has 1 aliphatic heterocycles. The molecule has 3 saturated carbocycles. The average Bonchev–Trinajstić information content (AvgIpc) is 2.70. The summed E-state index contributed by atoms with van der Waals surface area (Å²) in [5.74, 6) is 3.47. The van der Waals surface area contributed by atoms with Crippen LogP contribution in [-0.4, -0.2) is 18.2 Å². The number of nitrogens with one attached hydrogen (secondary N) is 1. The van der Waals surface area contributed by atoms with E-state index >= 15 is 0 Å². The van der Waals surface area contributed by atoms with Crippen LogP contribution in [-0.2, 0) is 9.59 Å². The molecule has 4 rings (SSSR count). The Morgan fingerprint density at radius 2 is 1.77 bits per heavy atom. The third-order valence-electron chi connectivity index (χ3n) is 8.21. The van der Waals surface area contributed by atoms with Crippen molar-refractivity contribution in [1.29, 1.82) is 0 Å². The van der Waals surface area contributed by atoms with Gasteiger partial charge in [-0.05, 0) is 67.6 Å². The van der Waals surface area contributed by atoms with Crippen LogP contribution in [0.15, 0.2) is 0 Å². The zero-order valence-corrected chi connectivity index (χ0v) is 14.0. The van der Waals surface area contributed by atoms with Gasteiger partial charge >= 0.3 is 0 Å². The molecule has 1 amide bonds. The topological polar surface area (TPSA) is 46.2 Å². The summed E-state index contributed by atoms with van der Waals surface area (Å²) in [7, 11) is 0. The highest BCUT2D eigenvalue weighted by Gasteiger charge is 2.59. The molecule has 0 aromatic rings. The lowest BCUT2D eigenvalue weighted by Crippen LogP contribution is -2.52. The lowest BCUT2D eigenvalue weighted by Gasteiger charge is -2.57. The fourth-order valence-electron chi connectivity index (χ4n) is 6.74. The van der Waals surface area contributed by atoms with Crippen LogP contribution >= 0.6 is 0 Å². The lowest BCUT2D eigenvalue weighted by molar-refractivity contribution is -0.136. The van der Waals surface area contributed by atoms with Crippen molar-refractivity contribution in [3.8, 4) is 0 Å². The quantitative estimate of drug-likeness (QED) is 0.746. The Kier molecular flexibility index (Phi) is 3.22. The first kappa shape index (κ1) is 14.7. The standard InChI is InChI=1S/C19H29NO2/c1-18-10-8-17(22)20-11-12(18)3-4-13-14-5-6-16(21)19(14,2)9-7-15(13)18/h12-15H,3-11H2,1-2H3,(H,20,22). The van der Waals surface area contributed by atoms with Gasteiger partial charge in [-0.3, -0.25) is 9.59 Å². The van der Waals surface area contributed by atoms with E-state index in [9.17, 15) is 9.59 Å². The molecule has 0 bridgehead atoms. The van der Waals surface area contributed by atoms with Crippen molar-refractivity contribution in [1.82, 2.24) is 5.32 Å². The maximum atomic E-state index is 12.4. The predicted octanol–water partition coefficient (Wildman–Crippen LogP) is 3.32. The lowest BCUT2D eigenvalue weighted by atomic mass is 9.47. The molecule has 1 N–H and O–H groups in total. The minimum absolute atomic E-state index is 0.0246. The largest absolute Gasteiger partial charge is 0.356 e. The zero-order valence-electron chi connectivity index (χ0n) is 14.0. The minimum Gasteiger partial charge on any atom is -0.356 e. The summed E-state index contributed by atoms with van der Waals surface area (Å²) >= 11 is 0. The Hall–Kier alpha value is -0.860. The van der Waals surface area contributed by atoms with E-state index in [0.717, 1.165) is 44.1 Å². The van der Waals surface area contributed by atoms with Crippen LogP contribution in [0.5, 0.6) is 0 Å². The number of amides is 1. The van der Waals surface area contributed by atoms with Gasteiger partial charge in [-0.1, -0.05) is 13.8 Å². The summed E-state index contributed by atoms with van der Waals surface area (Å²) in [6.07, 6.45) is 8.46. The highest BCUT2D eigenvalue weighted by molar-refractivity contribution is 5.87. The maximum absolute atomic E-state index is 12.4. The van der Waals surface area contributed by atoms with Crippen LogP contribution in [0, 0.1) is 34.5 Å². The number of fused-ring (bicyclic) bond motifs is 5. The molecule has 0 aromatic heterocycles. The molecule has 6 atom stereocenters. The Morgan fingerprint density at radius 3 is 2.59 bits per heavy atom. The highest BCUT2D eigenvalue weighted by Crippen LogP contribution is 2.63. The molecule has 1 saturated heterocycles. The molecule has 4 aliphatic rings. The minimum atomic E-state index is -0.0246. The maximum Gasteiger partial charge on any atom is 0.220 e. The second-order valence-electron chi connectivity index (χ2n) is 8.88. The molecular weight excluding hydrogens is 274 g/mol. The van der Waals surface area contributed by atoms with E-state index in [1.54, 1.807) is 0 Å². The molecule has 0 radical (unpaired) electrons. The van der Waals surface area contributed by atoms with Crippen molar-refractivity contribution in [3.63, 3.8) is 0 Å². The first-order chi connectivity index (χ1) is 10.4. The molecule has 6 unspecified atom stereocenters. The van der Waals surface area contributed by atoms with Gasteiger partial charge in [0.15, 0.2) is 0 Å². The molecular formula is C19H29NO2. The molecule has 122 valence electrons. The van der Waals surface area contributed by atoms with Gasteiger partial charge in [0.1, 0.15) is 5.78 Å². The van der Waals surface area contributed by atoms with Crippen LogP contribution in [0.4, 0.5) is 0 Å². The number of hydrogen-bond acceptors (Lipinski definition) is 2. The van der Waals surface area contributed by atoms with Gasteiger partial charge in [0.05, 0.1) is 0 Å². The van der Waals surface area contributed by atoms with Gasteiger partial charge in [-0.25, -0.2) is 0 Å². The summed E-state index contributed by atoms with van der Waals surface area (Å²) < 4.78 is 0. The summed E-state index contributed by atoms with van der Waals surface area (Å²) in [6.45, 7) is 5.57. The van der Waals surface area contributed by atoms with E-state index < -0.39 is 0 Å². The second-order valence-corrected chi connectivity index (χ2v) is 8.88. The predicted molar refractivity (Wildman–Crippen MR) is 85.1 cm³/mol. The number of rotatable bonds is 0. The molecule has 3 nitrogen and oxygen atoms in total. The number of hydrogen-bond donors (Lipinski definition) is 1. The Balaban J connectivity index is 1.65. The fraction of sp³-hybridized carbons (Fsp3) is 0.895. The SMILES string of the molecule is CC12CCC3C(CCC4CNC(=O)CCC43C)C1CCC2=O. The Morgan fingerprint density at radius 1 is 0.955 bits per heavy atom. The van der Waals surface area contributed by atoms with E-state index in [2.05, 4.69) is 19.2 Å². The molecule has 3 aliphatic carbocycles. The summed E-state index contributed by atoms with van der Waals surface area (Å²) in [5.41, 5.74) is 0.276. The first-order valence-electron chi connectivity index (χ1n) is 9.25. The van der Waals surface area contributed by atoms with E-state index in [0.29, 0.717) is 29.5 Å². The van der Waals surface area contributed by atoms with E-state index in [-0.39, 0.29) is 11.3 Å². The summed E-state index contributed by atoms with van der Waals surface area (Å²) in [5, 5.41) is 3.13. The summed E-state index contributed by atoms with van der Waals surface area (Å²) in [6, 6.07) is 0. The second kappa shape index (κ2) is 4.82. The van der Waals surface area contributed by atoms with E-state index in [1.165, 1.54) is 19.3 Å². The van der Waals surface area contributed by atoms with Gasteiger partial charge in [-0.2, -0.15) is 0 Å². The average molecular weight is 303 g/mol. The first-order valence-corrected chi connectivity index (χ1v) is 9.25. The zero-order chi connectivity index (χ0) is 15.5. The third kappa shape index (κ3) is 1.86. The summed E-state index contributed by atoms with van der Waals surface area (Å²) in [4.78, 5) is 24.3. The molecule has 1 heterocycles. The molecule has 4 fully saturated rings. The normalized spacial score (nSPS) is 51.4.